The standard InChI is InChI=1S/C16H13N2S/c1-3-7-14(8-4-1)19(15-9-5-2-6-10-15)16-13-17-11-12-18-16/h1-13H/q+1. The van der Waals surface area contributed by atoms with Crippen molar-refractivity contribution >= 4 is 10.9 Å². The van der Waals surface area contributed by atoms with Crippen molar-refractivity contribution in [3.05, 3.63) is 79.3 Å². The van der Waals surface area contributed by atoms with Crippen molar-refractivity contribution in [2.45, 2.75) is 14.8 Å². The maximum absolute atomic E-state index is 4.48. The van der Waals surface area contributed by atoms with Gasteiger partial charge in [-0.05, 0) is 24.3 Å². The number of aromatic nitrogens is 2. The Hall–Kier alpha value is -2.13. The molecular weight excluding hydrogens is 252 g/mol. The van der Waals surface area contributed by atoms with E-state index < -0.39 is 0 Å². The predicted octanol–water partition coefficient (Wildman–Crippen LogP) is 3.57. The molecule has 3 rings (SSSR count). The summed E-state index contributed by atoms with van der Waals surface area (Å²) in [4.78, 5) is 11.2. The zero-order valence-corrected chi connectivity index (χ0v) is 11.1. The van der Waals surface area contributed by atoms with Gasteiger partial charge in [-0.2, -0.15) is 0 Å². The molecule has 0 saturated heterocycles. The van der Waals surface area contributed by atoms with Gasteiger partial charge in [-0.3, -0.25) is 4.98 Å². The van der Waals surface area contributed by atoms with Crippen LogP contribution in [0.4, 0.5) is 0 Å². The quantitative estimate of drug-likeness (QED) is 0.677. The van der Waals surface area contributed by atoms with Gasteiger partial charge < -0.3 is 0 Å². The van der Waals surface area contributed by atoms with Crippen LogP contribution in [0.2, 0.25) is 0 Å². The van der Waals surface area contributed by atoms with Crippen molar-refractivity contribution in [2.75, 3.05) is 0 Å². The molecule has 0 N–H and O–H groups in total. The Labute approximate surface area is 115 Å². The fourth-order valence-corrected chi connectivity index (χ4v) is 3.83. The number of benzene rings is 2. The van der Waals surface area contributed by atoms with Gasteiger partial charge in [0.05, 0.1) is 6.20 Å². The van der Waals surface area contributed by atoms with E-state index in [0.29, 0.717) is 0 Å². The Morgan fingerprint density at radius 2 is 1.26 bits per heavy atom. The third-order valence-electron chi connectivity index (χ3n) is 2.71. The molecule has 1 aromatic heterocycles. The van der Waals surface area contributed by atoms with E-state index >= 15 is 0 Å². The molecule has 0 unspecified atom stereocenters. The van der Waals surface area contributed by atoms with Crippen LogP contribution < -0.4 is 0 Å². The summed E-state index contributed by atoms with van der Waals surface area (Å²) in [6.07, 6.45) is 5.31. The lowest BCUT2D eigenvalue weighted by molar-refractivity contribution is 1.04. The van der Waals surface area contributed by atoms with Crippen LogP contribution in [0.1, 0.15) is 0 Å². The molecule has 3 aromatic rings. The van der Waals surface area contributed by atoms with Gasteiger partial charge in [0.2, 0.25) is 0 Å². The van der Waals surface area contributed by atoms with Gasteiger partial charge >= 0.3 is 0 Å². The highest BCUT2D eigenvalue weighted by molar-refractivity contribution is 7.97. The summed E-state index contributed by atoms with van der Waals surface area (Å²) in [6.45, 7) is 0. The van der Waals surface area contributed by atoms with Crippen molar-refractivity contribution in [2.24, 2.45) is 0 Å². The predicted molar refractivity (Wildman–Crippen MR) is 77.1 cm³/mol. The molecule has 0 aliphatic rings. The summed E-state index contributed by atoms with van der Waals surface area (Å²) in [5, 5.41) is 1.000. The second kappa shape index (κ2) is 5.67. The Morgan fingerprint density at radius 1 is 0.684 bits per heavy atom. The van der Waals surface area contributed by atoms with E-state index in [9.17, 15) is 0 Å². The average Bonchev–Trinajstić information content (AvgIpc) is 2.51. The number of rotatable bonds is 3. The highest BCUT2D eigenvalue weighted by atomic mass is 32.2. The van der Waals surface area contributed by atoms with Crippen molar-refractivity contribution < 1.29 is 0 Å². The summed E-state index contributed by atoms with van der Waals surface area (Å²) in [6, 6.07) is 20.9. The zero-order chi connectivity index (χ0) is 12.9. The molecule has 3 heteroatoms. The highest BCUT2D eigenvalue weighted by Crippen LogP contribution is 2.28. The first kappa shape index (κ1) is 11.9. The molecule has 0 amide bonds. The van der Waals surface area contributed by atoms with Crippen LogP contribution in [0.15, 0.2) is 94.1 Å². The van der Waals surface area contributed by atoms with Crippen LogP contribution in [-0.4, -0.2) is 9.97 Å². The summed E-state index contributed by atoms with van der Waals surface area (Å²) in [7, 11) is -0.188. The Balaban J connectivity index is 2.12. The Kier molecular flexibility index (Phi) is 3.56. The van der Waals surface area contributed by atoms with Crippen LogP contribution in [0.3, 0.4) is 0 Å². The minimum absolute atomic E-state index is 0.188. The van der Waals surface area contributed by atoms with E-state index in [0.717, 1.165) is 5.03 Å². The molecule has 0 radical (unpaired) electrons. The van der Waals surface area contributed by atoms with E-state index in [1.165, 1.54) is 9.79 Å². The van der Waals surface area contributed by atoms with Crippen molar-refractivity contribution in [1.29, 1.82) is 0 Å². The molecule has 1 heterocycles. The molecule has 19 heavy (non-hydrogen) atoms. The topological polar surface area (TPSA) is 25.8 Å². The van der Waals surface area contributed by atoms with Crippen molar-refractivity contribution in [1.82, 2.24) is 9.97 Å². The smallest absolute Gasteiger partial charge is 0.256 e. The molecule has 2 nitrogen and oxygen atoms in total. The van der Waals surface area contributed by atoms with E-state index in [1.807, 2.05) is 18.3 Å². The molecule has 0 bridgehead atoms. The fraction of sp³-hybridized carbons (Fsp3) is 0. The Morgan fingerprint density at radius 3 is 1.74 bits per heavy atom. The molecule has 0 aliphatic heterocycles. The Bertz CT molecular complexity index is 533. The average molecular weight is 265 g/mol. The van der Waals surface area contributed by atoms with E-state index in [4.69, 9.17) is 0 Å². The molecule has 0 spiro atoms. The SMILES string of the molecule is c1ccc([S+](c2ccccc2)c2cnccn2)cc1. The van der Waals surface area contributed by atoms with E-state index in [2.05, 4.69) is 58.5 Å². The van der Waals surface area contributed by atoms with Gasteiger partial charge in [0.1, 0.15) is 17.1 Å². The second-order valence-electron chi connectivity index (χ2n) is 3.98. The van der Waals surface area contributed by atoms with Gasteiger partial charge in [0.15, 0.2) is 9.79 Å². The zero-order valence-electron chi connectivity index (χ0n) is 10.3. The van der Waals surface area contributed by atoms with Gasteiger partial charge in [-0.15, -0.1) is 0 Å². The van der Waals surface area contributed by atoms with E-state index in [1.54, 1.807) is 12.4 Å². The first-order chi connectivity index (χ1) is 9.45. The fourth-order valence-electron chi connectivity index (χ4n) is 1.88. The van der Waals surface area contributed by atoms with Crippen LogP contribution in [-0.2, 0) is 10.9 Å². The lowest BCUT2D eigenvalue weighted by Gasteiger charge is -2.05. The summed E-state index contributed by atoms with van der Waals surface area (Å²) in [5.74, 6) is 0. The van der Waals surface area contributed by atoms with Gasteiger partial charge in [0, 0.05) is 6.20 Å². The van der Waals surface area contributed by atoms with Crippen LogP contribution in [0.5, 0.6) is 0 Å². The third-order valence-corrected chi connectivity index (χ3v) is 4.82. The van der Waals surface area contributed by atoms with Crippen molar-refractivity contribution in [3.8, 4) is 0 Å². The largest absolute Gasteiger partial charge is 0.276 e. The van der Waals surface area contributed by atoms with Gasteiger partial charge in [-0.25, -0.2) is 4.98 Å². The summed E-state index contributed by atoms with van der Waals surface area (Å²) < 4.78 is 0. The van der Waals surface area contributed by atoms with Crippen LogP contribution in [0, 0.1) is 0 Å². The van der Waals surface area contributed by atoms with Crippen molar-refractivity contribution in [3.63, 3.8) is 0 Å². The lowest BCUT2D eigenvalue weighted by Crippen LogP contribution is -2.06. The molecule has 92 valence electrons. The summed E-state index contributed by atoms with van der Waals surface area (Å²) in [5.41, 5.74) is 0. The first-order valence-electron chi connectivity index (χ1n) is 6.05. The highest BCUT2D eigenvalue weighted by Gasteiger charge is 2.29. The normalized spacial score (nSPS) is 10.6. The molecule has 0 fully saturated rings. The monoisotopic (exact) mass is 265 g/mol. The second-order valence-corrected chi connectivity index (χ2v) is 5.95. The number of nitrogens with zero attached hydrogens (tertiary/aromatic N) is 2. The van der Waals surface area contributed by atoms with Gasteiger partial charge in [0.25, 0.3) is 5.03 Å². The summed E-state index contributed by atoms with van der Waals surface area (Å²) >= 11 is 0. The third kappa shape index (κ3) is 2.66. The lowest BCUT2D eigenvalue weighted by atomic mass is 10.4. The minimum atomic E-state index is -0.188. The maximum atomic E-state index is 4.48. The van der Waals surface area contributed by atoms with Crippen LogP contribution >= 0.6 is 0 Å². The molecular formula is C16H13N2S+. The van der Waals surface area contributed by atoms with Crippen LogP contribution in [0.25, 0.3) is 0 Å². The minimum Gasteiger partial charge on any atom is -0.256 e. The van der Waals surface area contributed by atoms with Gasteiger partial charge in [-0.1, -0.05) is 36.4 Å². The molecule has 0 atom stereocenters. The van der Waals surface area contributed by atoms with E-state index in [-0.39, 0.29) is 10.9 Å². The molecule has 0 saturated carbocycles. The maximum Gasteiger partial charge on any atom is 0.276 e. The molecule has 2 aromatic carbocycles. The number of hydrogen-bond acceptors (Lipinski definition) is 2. The first-order valence-corrected chi connectivity index (χ1v) is 7.28. The number of hydrogen-bond donors (Lipinski definition) is 0. The molecule has 0 aliphatic carbocycles.